The number of tetrazole rings is 1. The number of esters is 1. The Balaban J connectivity index is 2.03. The van der Waals surface area contributed by atoms with Crippen molar-refractivity contribution in [1.29, 1.82) is 0 Å². The van der Waals surface area contributed by atoms with Gasteiger partial charge in [0, 0.05) is 5.56 Å². The molecule has 2 aromatic carbocycles. The number of nitrogens with zero attached hydrogens (tertiary/aromatic N) is 4. The van der Waals surface area contributed by atoms with Crippen LogP contribution in [0.2, 0.25) is 0 Å². The van der Waals surface area contributed by atoms with Gasteiger partial charge in [-0.15, -0.1) is 10.2 Å². The summed E-state index contributed by atoms with van der Waals surface area (Å²) >= 11 is 0. The highest BCUT2D eigenvalue weighted by Gasteiger charge is 2.30. The molecule has 0 unspecified atom stereocenters. The van der Waals surface area contributed by atoms with Crippen LogP contribution in [0.15, 0.2) is 42.5 Å². The minimum atomic E-state index is -4.42. The fourth-order valence-corrected chi connectivity index (χ4v) is 2.65. The number of carbonyl (C=O) groups is 1. The third kappa shape index (κ3) is 4.13. The number of halogens is 3. The number of ether oxygens (including phenoxy) is 1. The Morgan fingerprint density at radius 1 is 1.19 bits per heavy atom. The van der Waals surface area contributed by atoms with Crippen molar-refractivity contribution >= 4 is 5.97 Å². The zero-order valence-electron chi connectivity index (χ0n) is 14.5. The zero-order valence-corrected chi connectivity index (χ0v) is 14.5. The van der Waals surface area contributed by atoms with E-state index < -0.39 is 17.7 Å². The standard InChI is InChI=1S/C18H15F3N4O2/c1-25-23-16(22-24-25)15-10-13(17(26)27-2)7-6-12(15)8-11-4-3-5-14(9-11)18(19,20)21/h3-7,9-10H,8H2,1-2H3. The van der Waals surface area contributed by atoms with Gasteiger partial charge >= 0.3 is 12.1 Å². The van der Waals surface area contributed by atoms with Gasteiger partial charge in [0.15, 0.2) is 0 Å². The second-order valence-corrected chi connectivity index (χ2v) is 5.84. The molecule has 0 aliphatic carbocycles. The largest absolute Gasteiger partial charge is 0.465 e. The van der Waals surface area contributed by atoms with Gasteiger partial charge in [0.1, 0.15) is 0 Å². The van der Waals surface area contributed by atoms with E-state index in [4.69, 9.17) is 4.74 Å². The Hall–Kier alpha value is -3.23. The van der Waals surface area contributed by atoms with Gasteiger partial charge in [0.05, 0.1) is 25.3 Å². The lowest BCUT2D eigenvalue weighted by molar-refractivity contribution is -0.137. The highest BCUT2D eigenvalue weighted by Crippen LogP contribution is 2.31. The molecule has 3 aromatic rings. The predicted octanol–water partition coefficient (Wildman–Crippen LogP) is 3.27. The number of rotatable bonds is 4. The first kappa shape index (κ1) is 18.6. The van der Waals surface area contributed by atoms with E-state index in [-0.39, 0.29) is 17.8 Å². The molecule has 0 atom stereocenters. The van der Waals surface area contributed by atoms with E-state index in [1.807, 2.05) is 0 Å². The number of hydrogen-bond donors (Lipinski definition) is 0. The number of benzene rings is 2. The van der Waals surface area contributed by atoms with Crippen molar-refractivity contribution in [3.8, 4) is 11.4 Å². The van der Waals surface area contributed by atoms with Crippen LogP contribution in [-0.4, -0.2) is 33.3 Å². The molecule has 9 heteroatoms. The minimum Gasteiger partial charge on any atom is -0.465 e. The summed E-state index contributed by atoms with van der Waals surface area (Å²) in [5, 5.41) is 11.8. The number of hydrogen-bond acceptors (Lipinski definition) is 5. The molecule has 0 saturated heterocycles. The van der Waals surface area contributed by atoms with Gasteiger partial charge in [-0.25, -0.2) is 4.79 Å². The molecule has 1 heterocycles. The molecular weight excluding hydrogens is 361 g/mol. The summed E-state index contributed by atoms with van der Waals surface area (Å²) in [6, 6.07) is 9.84. The highest BCUT2D eigenvalue weighted by molar-refractivity contribution is 5.91. The molecule has 140 valence electrons. The van der Waals surface area contributed by atoms with E-state index in [1.165, 1.54) is 18.0 Å². The summed E-state index contributed by atoms with van der Waals surface area (Å²) in [6.45, 7) is 0. The van der Waals surface area contributed by atoms with Crippen LogP contribution in [0, 0.1) is 0 Å². The fraction of sp³-hybridized carbons (Fsp3) is 0.222. The van der Waals surface area contributed by atoms with Crippen molar-refractivity contribution in [2.45, 2.75) is 12.6 Å². The first-order valence-electron chi connectivity index (χ1n) is 7.89. The van der Waals surface area contributed by atoms with Crippen LogP contribution < -0.4 is 0 Å². The summed E-state index contributed by atoms with van der Waals surface area (Å²) in [6.07, 6.45) is -4.21. The summed E-state index contributed by atoms with van der Waals surface area (Å²) < 4.78 is 43.6. The van der Waals surface area contributed by atoms with Gasteiger partial charge in [-0.2, -0.15) is 18.0 Å². The topological polar surface area (TPSA) is 69.9 Å². The van der Waals surface area contributed by atoms with Crippen LogP contribution in [0.5, 0.6) is 0 Å². The molecule has 0 saturated carbocycles. The number of alkyl halides is 3. The monoisotopic (exact) mass is 376 g/mol. The molecular formula is C18H15F3N4O2. The lowest BCUT2D eigenvalue weighted by Gasteiger charge is -2.11. The van der Waals surface area contributed by atoms with Gasteiger partial charge in [0.2, 0.25) is 5.82 Å². The van der Waals surface area contributed by atoms with E-state index in [0.29, 0.717) is 16.7 Å². The normalized spacial score (nSPS) is 11.4. The second-order valence-electron chi connectivity index (χ2n) is 5.84. The lowest BCUT2D eigenvalue weighted by atomic mass is 9.96. The molecule has 0 fully saturated rings. The number of aryl methyl sites for hydroxylation is 1. The third-order valence-corrected chi connectivity index (χ3v) is 3.93. The molecule has 27 heavy (non-hydrogen) atoms. The van der Waals surface area contributed by atoms with Crippen LogP contribution in [0.3, 0.4) is 0 Å². The summed E-state index contributed by atoms with van der Waals surface area (Å²) in [7, 11) is 2.85. The van der Waals surface area contributed by atoms with Crippen LogP contribution in [0.4, 0.5) is 13.2 Å². The summed E-state index contributed by atoms with van der Waals surface area (Å²) in [5.41, 5.74) is 1.21. The average molecular weight is 376 g/mol. The molecule has 0 aliphatic heterocycles. The van der Waals surface area contributed by atoms with Crippen molar-refractivity contribution in [1.82, 2.24) is 20.2 Å². The predicted molar refractivity (Wildman–Crippen MR) is 89.8 cm³/mol. The quantitative estimate of drug-likeness (QED) is 0.654. The second kappa shape index (κ2) is 7.18. The van der Waals surface area contributed by atoms with Crippen molar-refractivity contribution in [3.05, 3.63) is 64.7 Å². The molecule has 0 amide bonds. The highest BCUT2D eigenvalue weighted by atomic mass is 19.4. The van der Waals surface area contributed by atoms with Gasteiger partial charge in [0.25, 0.3) is 0 Å². The number of carbonyl (C=O) groups excluding carboxylic acids is 1. The average Bonchev–Trinajstić information content (AvgIpc) is 3.07. The Morgan fingerprint density at radius 3 is 2.59 bits per heavy atom. The van der Waals surface area contributed by atoms with Gasteiger partial charge in [-0.3, -0.25) is 0 Å². The number of aromatic nitrogens is 4. The van der Waals surface area contributed by atoms with E-state index in [1.54, 1.807) is 31.3 Å². The Bertz CT molecular complexity index is 983. The van der Waals surface area contributed by atoms with Crippen LogP contribution >= 0.6 is 0 Å². The van der Waals surface area contributed by atoms with Crippen molar-refractivity contribution in [2.24, 2.45) is 7.05 Å². The van der Waals surface area contributed by atoms with Crippen molar-refractivity contribution in [3.63, 3.8) is 0 Å². The molecule has 0 N–H and O–H groups in total. The third-order valence-electron chi connectivity index (χ3n) is 3.93. The maximum Gasteiger partial charge on any atom is 0.416 e. The van der Waals surface area contributed by atoms with E-state index in [9.17, 15) is 18.0 Å². The molecule has 0 radical (unpaired) electrons. The number of methoxy groups -OCH3 is 1. The minimum absolute atomic E-state index is 0.207. The van der Waals surface area contributed by atoms with Crippen molar-refractivity contribution in [2.75, 3.05) is 7.11 Å². The first-order valence-corrected chi connectivity index (χ1v) is 7.89. The Morgan fingerprint density at radius 2 is 1.96 bits per heavy atom. The maximum atomic E-state index is 13.0. The van der Waals surface area contributed by atoms with Crippen LogP contribution in [0.25, 0.3) is 11.4 Å². The van der Waals surface area contributed by atoms with Crippen LogP contribution in [-0.2, 0) is 24.4 Å². The SMILES string of the molecule is COC(=O)c1ccc(Cc2cccc(C(F)(F)F)c2)c(-c2nnn(C)n2)c1. The van der Waals surface area contributed by atoms with Crippen molar-refractivity contribution < 1.29 is 22.7 Å². The zero-order chi connectivity index (χ0) is 19.6. The van der Waals surface area contributed by atoms with Gasteiger partial charge in [-0.05, 0) is 41.0 Å². The molecule has 0 spiro atoms. The molecule has 3 rings (SSSR count). The molecule has 1 aromatic heterocycles. The Kier molecular flexibility index (Phi) is 4.93. The summed E-state index contributed by atoms with van der Waals surface area (Å²) in [4.78, 5) is 13.1. The molecule has 6 nitrogen and oxygen atoms in total. The molecule has 0 bridgehead atoms. The van der Waals surface area contributed by atoms with E-state index in [2.05, 4.69) is 15.4 Å². The van der Waals surface area contributed by atoms with E-state index in [0.717, 1.165) is 12.1 Å². The lowest BCUT2D eigenvalue weighted by Crippen LogP contribution is -2.06. The smallest absolute Gasteiger partial charge is 0.416 e. The van der Waals surface area contributed by atoms with Gasteiger partial charge in [-0.1, -0.05) is 24.3 Å². The van der Waals surface area contributed by atoms with E-state index >= 15 is 0 Å². The molecule has 0 aliphatic rings. The fourth-order valence-electron chi connectivity index (χ4n) is 2.65. The van der Waals surface area contributed by atoms with Crippen LogP contribution in [0.1, 0.15) is 27.0 Å². The Labute approximate surface area is 152 Å². The van der Waals surface area contributed by atoms with Gasteiger partial charge < -0.3 is 4.74 Å². The maximum absolute atomic E-state index is 13.0. The first-order chi connectivity index (χ1) is 12.8. The summed E-state index contributed by atoms with van der Waals surface area (Å²) in [5.74, 6) is -0.268.